The molecule has 0 bridgehead atoms. The van der Waals surface area contributed by atoms with E-state index in [4.69, 9.17) is 0 Å². The molecular weight excluding hydrogens is 148 g/mol. The third-order valence-corrected chi connectivity index (χ3v) is 2.60. The Morgan fingerprint density at radius 2 is 1.92 bits per heavy atom. The first-order valence-electron chi connectivity index (χ1n) is 4.95. The second-order valence-electron chi connectivity index (χ2n) is 4.82. The van der Waals surface area contributed by atoms with E-state index in [1.807, 2.05) is 0 Å². The SMILES string of the molecule is CN(CCNC1CC1)C(C)(C)C. The molecule has 0 aromatic carbocycles. The summed E-state index contributed by atoms with van der Waals surface area (Å²) in [5, 5.41) is 3.52. The van der Waals surface area contributed by atoms with Crippen LogP contribution in [0.15, 0.2) is 0 Å². The lowest BCUT2D eigenvalue weighted by molar-refractivity contribution is 0.176. The quantitative estimate of drug-likeness (QED) is 0.687. The predicted octanol–water partition coefficient (Wildman–Crippen LogP) is 1.47. The monoisotopic (exact) mass is 170 g/mol. The number of nitrogens with one attached hydrogen (secondary N) is 1. The van der Waals surface area contributed by atoms with Crippen molar-refractivity contribution in [2.24, 2.45) is 0 Å². The van der Waals surface area contributed by atoms with Crippen molar-refractivity contribution in [1.29, 1.82) is 0 Å². The largest absolute Gasteiger partial charge is 0.313 e. The minimum absolute atomic E-state index is 0.311. The maximum Gasteiger partial charge on any atom is 0.0122 e. The van der Waals surface area contributed by atoms with Gasteiger partial charge < -0.3 is 10.2 Å². The molecule has 0 aromatic rings. The molecule has 2 heteroatoms. The Balaban J connectivity index is 2.04. The lowest BCUT2D eigenvalue weighted by Gasteiger charge is -2.31. The van der Waals surface area contributed by atoms with Crippen LogP contribution in [0.1, 0.15) is 33.6 Å². The standard InChI is InChI=1S/C10H22N2/c1-10(2,3)12(4)8-7-11-9-5-6-9/h9,11H,5-8H2,1-4H3. The fraction of sp³-hybridized carbons (Fsp3) is 1.00. The third-order valence-electron chi connectivity index (χ3n) is 2.60. The van der Waals surface area contributed by atoms with Gasteiger partial charge in [-0.15, -0.1) is 0 Å². The molecule has 0 unspecified atom stereocenters. The normalized spacial score (nSPS) is 18.8. The zero-order valence-corrected chi connectivity index (χ0v) is 8.85. The van der Waals surface area contributed by atoms with Crippen molar-refractivity contribution in [3.8, 4) is 0 Å². The van der Waals surface area contributed by atoms with Crippen molar-refractivity contribution >= 4 is 0 Å². The fourth-order valence-electron chi connectivity index (χ4n) is 1.06. The molecule has 1 saturated carbocycles. The van der Waals surface area contributed by atoms with Crippen LogP contribution in [-0.2, 0) is 0 Å². The van der Waals surface area contributed by atoms with Gasteiger partial charge in [-0.25, -0.2) is 0 Å². The summed E-state index contributed by atoms with van der Waals surface area (Å²) >= 11 is 0. The van der Waals surface area contributed by atoms with E-state index in [1.165, 1.54) is 12.8 Å². The van der Waals surface area contributed by atoms with Crippen molar-refractivity contribution in [3.63, 3.8) is 0 Å². The maximum atomic E-state index is 3.52. The van der Waals surface area contributed by atoms with Gasteiger partial charge in [0.2, 0.25) is 0 Å². The molecule has 1 aliphatic carbocycles. The number of hydrogen-bond donors (Lipinski definition) is 1. The molecule has 2 nitrogen and oxygen atoms in total. The first-order valence-corrected chi connectivity index (χ1v) is 4.95. The van der Waals surface area contributed by atoms with E-state index in [0.717, 1.165) is 19.1 Å². The van der Waals surface area contributed by atoms with Gasteiger partial charge in [0.15, 0.2) is 0 Å². The van der Waals surface area contributed by atoms with Gasteiger partial charge >= 0.3 is 0 Å². The molecule has 0 atom stereocenters. The van der Waals surface area contributed by atoms with Crippen LogP contribution < -0.4 is 5.32 Å². The van der Waals surface area contributed by atoms with Crippen LogP contribution in [0.4, 0.5) is 0 Å². The third kappa shape index (κ3) is 3.55. The Morgan fingerprint density at radius 3 is 2.33 bits per heavy atom. The van der Waals surface area contributed by atoms with Crippen LogP contribution in [0.2, 0.25) is 0 Å². The van der Waals surface area contributed by atoms with Gasteiger partial charge in [0.05, 0.1) is 0 Å². The molecule has 72 valence electrons. The number of likely N-dealkylation sites (N-methyl/N-ethyl adjacent to an activating group) is 1. The average molecular weight is 170 g/mol. The highest BCUT2D eigenvalue weighted by molar-refractivity contribution is 4.81. The highest BCUT2D eigenvalue weighted by Crippen LogP contribution is 2.18. The van der Waals surface area contributed by atoms with Crippen molar-refractivity contribution < 1.29 is 0 Å². The zero-order valence-electron chi connectivity index (χ0n) is 8.85. The van der Waals surface area contributed by atoms with Gasteiger partial charge in [0.25, 0.3) is 0 Å². The molecule has 0 saturated heterocycles. The van der Waals surface area contributed by atoms with E-state index in [0.29, 0.717) is 5.54 Å². The summed E-state index contributed by atoms with van der Waals surface area (Å²) in [6.45, 7) is 9.05. The Labute approximate surface area is 76.3 Å². The summed E-state index contributed by atoms with van der Waals surface area (Å²) in [7, 11) is 2.19. The zero-order chi connectivity index (χ0) is 9.19. The highest BCUT2D eigenvalue weighted by atomic mass is 15.2. The maximum absolute atomic E-state index is 3.52. The molecule has 1 aliphatic rings. The van der Waals surface area contributed by atoms with Crippen LogP contribution in [0.5, 0.6) is 0 Å². The van der Waals surface area contributed by atoms with E-state index in [1.54, 1.807) is 0 Å². The van der Waals surface area contributed by atoms with Crippen LogP contribution in [0, 0.1) is 0 Å². The van der Waals surface area contributed by atoms with E-state index < -0.39 is 0 Å². The number of hydrogen-bond acceptors (Lipinski definition) is 2. The molecular formula is C10H22N2. The van der Waals surface area contributed by atoms with Gasteiger partial charge in [-0.1, -0.05) is 0 Å². The van der Waals surface area contributed by atoms with Crippen molar-refractivity contribution in [3.05, 3.63) is 0 Å². The Hall–Kier alpha value is -0.0800. The van der Waals surface area contributed by atoms with Crippen molar-refractivity contribution in [2.75, 3.05) is 20.1 Å². The smallest absolute Gasteiger partial charge is 0.0122 e. The molecule has 0 heterocycles. The number of nitrogens with zero attached hydrogens (tertiary/aromatic N) is 1. The summed E-state index contributed by atoms with van der Waals surface area (Å²) in [4.78, 5) is 2.39. The lowest BCUT2D eigenvalue weighted by Crippen LogP contribution is -2.42. The van der Waals surface area contributed by atoms with Crippen LogP contribution in [-0.4, -0.2) is 36.6 Å². The minimum atomic E-state index is 0.311. The highest BCUT2D eigenvalue weighted by Gasteiger charge is 2.21. The minimum Gasteiger partial charge on any atom is -0.313 e. The molecule has 0 aromatic heterocycles. The van der Waals surface area contributed by atoms with E-state index >= 15 is 0 Å². The first-order chi connectivity index (χ1) is 5.50. The Kier molecular flexibility index (Phi) is 3.13. The van der Waals surface area contributed by atoms with Crippen LogP contribution in [0.3, 0.4) is 0 Å². The van der Waals surface area contributed by atoms with Gasteiger partial charge in [-0.2, -0.15) is 0 Å². The summed E-state index contributed by atoms with van der Waals surface area (Å²) in [5.41, 5.74) is 0.311. The van der Waals surface area contributed by atoms with Gasteiger partial charge in [0, 0.05) is 24.7 Å². The van der Waals surface area contributed by atoms with E-state index in [9.17, 15) is 0 Å². The summed E-state index contributed by atoms with van der Waals surface area (Å²) in [6.07, 6.45) is 2.78. The second-order valence-corrected chi connectivity index (χ2v) is 4.82. The molecule has 1 rings (SSSR count). The van der Waals surface area contributed by atoms with E-state index in [2.05, 4.69) is 38.0 Å². The van der Waals surface area contributed by atoms with Gasteiger partial charge in [-0.3, -0.25) is 0 Å². The molecule has 0 amide bonds. The van der Waals surface area contributed by atoms with Gasteiger partial charge in [0.1, 0.15) is 0 Å². The van der Waals surface area contributed by atoms with Crippen molar-refractivity contribution in [1.82, 2.24) is 10.2 Å². The average Bonchev–Trinajstić information content (AvgIpc) is 2.69. The predicted molar refractivity (Wildman–Crippen MR) is 53.4 cm³/mol. The molecule has 1 N–H and O–H groups in total. The summed E-state index contributed by atoms with van der Waals surface area (Å²) in [6, 6.07) is 0.846. The summed E-state index contributed by atoms with van der Waals surface area (Å²) < 4.78 is 0. The molecule has 0 spiro atoms. The van der Waals surface area contributed by atoms with Crippen LogP contribution >= 0.6 is 0 Å². The topological polar surface area (TPSA) is 15.3 Å². The molecule has 0 aliphatic heterocycles. The lowest BCUT2D eigenvalue weighted by atomic mass is 10.1. The molecule has 12 heavy (non-hydrogen) atoms. The number of rotatable bonds is 4. The Morgan fingerprint density at radius 1 is 1.33 bits per heavy atom. The second kappa shape index (κ2) is 3.75. The summed E-state index contributed by atoms with van der Waals surface area (Å²) in [5.74, 6) is 0. The van der Waals surface area contributed by atoms with Gasteiger partial charge in [-0.05, 0) is 40.7 Å². The van der Waals surface area contributed by atoms with Crippen LogP contribution in [0.25, 0.3) is 0 Å². The molecule has 1 fully saturated rings. The molecule has 0 radical (unpaired) electrons. The van der Waals surface area contributed by atoms with E-state index in [-0.39, 0.29) is 0 Å². The Bertz CT molecular complexity index is 133. The van der Waals surface area contributed by atoms with Crippen molar-refractivity contribution in [2.45, 2.75) is 45.2 Å². The fourth-order valence-corrected chi connectivity index (χ4v) is 1.06. The first kappa shape index (κ1) is 10.0.